The average Bonchev–Trinajstić information content (AvgIpc) is 3.57. The number of carbonyl (C=O) groups excluding carboxylic acids is 2. The van der Waals surface area contributed by atoms with Crippen molar-refractivity contribution in [2.75, 3.05) is 37.8 Å². The zero-order chi connectivity index (χ0) is 24.7. The van der Waals surface area contributed by atoms with Crippen molar-refractivity contribution < 1.29 is 18.7 Å². The van der Waals surface area contributed by atoms with Gasteiger partial charge in [0.1, 0.15) is 17.2 Å². The fourth-order valence-electron chi connectivity index (χ4n) is 5.55. The Labute approximate surface area is 216 Å². The number of furan rings is 1. The largest absolute Gasteiger partial charge is 0.464 e. The minimum Gasteiger partial charge on any atom is -0.464 e. The Morgan fingerprint density at radius 2 is 1.94 bits per heavy atom. The maximum atomic E-state index is 13.3. The molecule has 2 amide bonds. The number of carbonyl (C=O) groups is 2. The molecule has 9 heteroatoms. The Balaban J connectivity index is 1.27. The zero-order valence-electron chi connectivity index (χ0n) is 20.7. The molecule has 3 aliphatic heterocycles. The molecular weight excluding hydrogens is 486 g/mol. The van der Waals surface area contributed by atoms with Crippen molar-refractivity contribution in [3.63, 3.8) is 0 Å². The lowest BCUT2D eigenvalue weighted by molar-refractivity contribution is -0.134. The number of piperidine rings is 1. The van der Waals surface area contributed by atoms with Gasteiger partial charge in [0.25, 0.3) is 0 Å². The molecule has 0 spiro atoms. The minimum atomic E-state index is -0.595. The van der Waals surface area contributed by atoms with Crippen molar-refractivity contribution in [3.8, 4) is 0 Å². The van der Waals surface area contributed by atoms with Crippen LogP contribution >= 0.6 is 23.4 Å². The monoisotopic (exact) mass is 519 g/mol. The second-order valence-corrected chi connectivity index (χ2v) is 12.3. The standard InChI is InChI=1S/C26H34ClN3O4S/c1-26(2,3)34-25(32)30-14-19(13-22(30)24(31)29-10-11-35-16-29)28-8-6-17(7-9-28)21-15-33-23-12-18(27)4-5-20(21)23/h4-5,12,15,17,19,22H,6-11,13-14,16H2,1-3H3/t19-,22-/m0/s1. The van der Waals surface area contributed by atoms with Gasteiger partial charge in [0.15, 0.2) is 0 Å². The van der Waals surface area contributed by atoms with Crippen LogP contribution in [-0.4, -0.2) is 82.2 Å². The highest BCUT2D eigenvalue weighted by Gasteiger charge is 2.45. The fourth-order valence-corrected chi connectivity index (χ4v) is 6.67. The van der Waals surface area contributed by atoms with E-state index in [1.54, 1.807) is 16.7 Å². The zero-order valence-corrected chi connectivity index (χ0v) is 22.2. The first-order chi connectivity index (χ1) is 16.7. The molecule has 2 atom stereocenters. The van der Waals surface area contributed by atoms with Gasteiger partial charge in [-0.2, -0.15) is 0 Å². The van der Waals surface area contributed by atoms with Crippen LogP contribution in [0, 0.1) is 0 Å². The number of halogens is 1. The van der Waals surface area contributed by atoms with E-state index < -0.39 is 11.6 Å². The lowest BCUT2D eigenvalue weighted by atomic mass is 9.88. The molecule has 0 saturated carbocycles. The molecule has 1 aromatic carbocycles. The summed E-state index contributed by atoms with van der Waals surface area (Å²) in [6.45, 7) is 8.74. The molecule has 0 radical (unpaired) electrons. The predicted molar refractivity (Wildman–Crippen MR) is 139 cm³/mol. The number of hydrogen-bond donors (Lipinski definition) is 0. The molecule has 0 bridgehead atoms. The quantitative estimate of drug-likeness (QED) is 0.557. The molecule has 3 aliphatic rings. The molecule has 35 heavy (non-hydrogen) atoms. The maximum absolute atomic E-state index is 13.3. The summed E-state index contributed by atoms with van der Waals surface area (Å²) < 4.78 is 11.5. The van der Waals surface area contributed by atoms with Gasteiger partial charge in [-0.3, -0.25) is 14.6 Å². The third-order valence-electron chi connectivity index (χ3n) is 7.31. The van der Waals surface area contributed by atoms with Crippen LogP contribution in [0.1, 0.15) is 51.5 Å². The summed E-state index contributed by atoms with van der Waals surface area (Å²) >= 11 is 7.88. The highest BCUT2D eigenvalue weighted by Crippen LogP contribution is 2.37. The smallest absolute Gasteiger partial charge is 0.411 e. The van der Waals surface area contributed by atoms with Gasteiger partial charge in [0.2, 0.25) is 5.91 Å². The topological polar surface area (TPSA) is 66.2 Å². The molecule has 0 aliphatic carbocycles. The molecule has 4 heterocycles. The summed E-state index contributed by atoms with van der Waals surface area (Å²) in [6.07, 6.45) is 4.19. The van der Waals surface area contributed by atoms with Gasteiger partial charge in [-0.15, -0.1) is 11.8 Å². The second kappa shape index (κ2) is 9.87. The summed E-state index contributed by atoms with van der Waals surface area (Å²) in [5.74, 6) is 2.15. The van der Waals surface area contributed by atoms with Crippen LogP contribution in [0.15, 0.2) is 28.9 Å². The molecule has 5 rings (SSSR count). The van der Waals surface area contributed by atoms with Crippen LogP contribution in [0.2, 0.25) is 5.02 Å². The van der Waals surface area contributed by atoms with Crippen molar-refractivity contribution in [3.05, 3.63) is 35.0 Å². The molecule has 0 N–H and O–H groups in total. The number of nitrogens with zero attached hydrogens (tertiary/aromatic N) is 3. The van der Waals surface area contributed by atoms with E-state index in [9.17, 15) is 9.59 Å². The highest BCUT2D eigenvalue weighted by molar-refractivity contribution is 7.99. The van der Waals surface area contributed by atoms with Gasteiger partial charge in [0.05, 0.1) is 12.1 Å². The summed E-state index contributed by atoms with van der Waals surface area (Å²) in [7, 11) is 0. The van der Waals surface area contributed by atoms with Gasteiger partial charge in [-0.1, -0.05) is 11.6 Å². The first-order valence-electron chi connectivity index (χ1n) is 12.5. The van der Waals surface area contributed by atoms with Crippen molar-refractivity contribution in [2.45, 2.75) is 63.6 Å². The first-order valence-corrected chi connectivity index (χ1v) is 14.0. The Morgan fingerprint density at radius 3 is 2.63 bits per heavy atom. The van der Waals surface area contributed by atoms with Gasteiger partial charge >= 0.3 is 6.09 Å². The maximum Gasteiger partial charge on any atom is 0.411 e. The van der Waals surface area contributed by atoms with E-state index in [0.717, 1.165) is 49.2 Å². The molecular formula is C26H34ClN3O4S. The van der Waals surface area contributed by atoms with Crippen LogP contribution in [0.4, 0.5) is 4.79 Å². The van der Waals surface area contributed by atoms with Crippen molar-refractivity contribution in [1.29, 1.82) is 0 Å². The van der Waals surface area contributed by atoms with Crippen LogP contribution in [0.5, 0.6) is 0 Å². The van der Waals surface area contributed by atoms with Crippen LogP contribution in [-0.2, 0) is 9.53 Å². The number of thioether (sulfide) groups is 1. The van der Waals surface area contributed by atoms with E-state index in [-0.39, 0.29) is 18.0 Å². The first kappa shape index (κ1) is 24.8. The third kappa shape index (κ3) is 5.30. The lowest BCUT2D eigenvalue weighted by Gasteiger charge is -2.35. The summed E-state index contributed by atoms with van der Waals surface area (Å²) in [4.78, 5) is 32.4. The van der Waals surface area contributed by atoms with Crippen LogP contribution in [0.3, 0.4) is 0 Å². The molecule has 190 valence electrons. The summed E-state index contributed by atoms with van der Waals surface area (Å²) in [5.41, 5.74) is 1.49. The van der Waals surface area contributed by atoms with E-state index in [0.29, 0.717) is 29.8 Å². The lowest BCUT2D eigenvalue weighted by Crippen LogP contribution is -2.48. The number of amides is 2. The number of fused-ring (bicyclic) bond motifs is 1. The Hall–Kier alpha value is -1.90. The van der Waals surface area contributed by atoms with Gasteiger partial charge in [0, 0.05) is 40.9 Å². The summed E-state index contributed by atoms with van der Waals surface area (Å²) in [5, 5.41) is 1.82. The molecule has 3 saturated heterocycles. The van der Waals surface area contributed by atoms with Crippen molar-refractivity contribution in [1.82, 2.24) is 14.7 Å². The van der Waals surface area contributed by atoms with E-state index in [1.165, 1.54) is 5.56 Å². The number of rotatable bonds is 3. The molecule has 1 aromatic heterocycles. The van der Waals surface area contributed by atoms with Gasteiger partial charge < -0.3 is 14.1 Å². The fraction of sp³-hybridized carbons (Fsp3) is 0.615. The third-order valence-corrected chi connectivity index (χ3v) is 8.51. The van der Waals surface area contributed by atoms with Gasteiger partial charge in [-0.25, -0.2) is 4.79 Å². The number of hydrogen-bond acceptors (Lipinski definition) is 6. The van der Waals surface area contributed by atoms with E-state index in [4.69, 9.17) is 20.8 Å². The molecule has 2 aromatic rings. The highest BCUT2D eigenvalue weighted by atomic mass is 35.5. The van der Waals surface area contributed by atoms with Crippen LogP contribution < -0.4 is 0 Å². The van der Waals surface area contributed by atoms with E-state index in [1.807, 2.05) is 50.1 Å². The number of ether oxygens (including phenoxy) is 1. The predicted octanol–water partition coefficient (Wildman–Crippen LogP) is 5.18. The van der Waals surface area contributed by atoms with Crippen LogP contribution in [0.25, 0.3) is 11.0 Å². The Morgan fingerprint density at radius 1 is 1.17 bits per heavy atom. The Bertz CT molecular complexity index is 1090. The van der Waals surface area contributed by atoms with Gasteiger partial charge in [-0.05, 0) is 77.2 Å². The number of benzene rings is 1. The number of likely N-dealkylation sites (tertiary alicyclic amines) is 2. The molecule has 0 unspecified atom stereocenters. The average molecular weight is 520 g/mol. The van der Waals surface area contributed by atoms with E-state index >= 15 is 0 Å². The second-order valence-electron chi connectivity index (χ2n) is 10.8. The van der Waals surface area contributed by atoms with Crippen molar-refractivity contribution >= 4 is 46.3 Å². The van der Waals surface area contributed by atoms with Crippen molar-refractivity contribution in [2.24, 2.45) is 0 Å². The molecule has 3 fully saturated rings. The minimum absolute atomic E-state index is 0.0572. The summed E-state index contributed by atoms with van der Waals surface area (Å²) in [6, 6.07) is 5.54. The molecule has 7 nitrogen and oxygen atoms in total. The SMILES string of the molecule is CC(C)(C)OC(=O)N1C[C@@H](N2CCC(c3coc4cc(Cl)ccc34)CC2)C[C@H]1C(=O)N1CCSC1. The Kier molecular flexibility index (Phi) is 6.98. The van der Waals surface area contributed by atoms with E-state index in [2.05, 4.69) is 4.90 Å². The normalized spacial score (nSPS) is 24.5.